The summed E-state index contributed by atoms with van der Waals surface area (Å²) in [6.45, 7) is 4.47. The summed E-state index contributed by atoms with van der Waals surface area (Å²) >= 11 is 0. The Hall–Kier alpha value is -3.28. The average Bonchev–Trinajstić information content (AvgIpc) is 3.15. The number of rotatable bonds is 7. The molecule has 1 amide bonds. The van der Waals surface area contributed by atoms with Crippen LogP contribution in [0.15, 0.2) is 65.4 Å². The highest BCUT2D eigenvalue weighted by atomic mass is 16.5. The van der Waals surface area contributed by atoms with Crippen LogP contribution in [-0.4, -0.2) is 17.0 Å². The summed E-state index contributed by atoms with van der Waals surface area (Å²) in [5.41, 5.74) is 1.81. The van der Waals surface area contributed by atoms with E-state index in [4.69, 9.17) is 9.15 Å². The number of anilines is 2. The standard InChI is InChI=1S/C20H21N3O3/c1-14(2)26-17-7-5-15(6-8-17)23-20(24)19-12-16(9-10-21-19)22-13-18-4-3-11-25-18/h3-12,14H,13H2,1-2H3,(H,21,22)(H,23,24). The number of pyridine rings is 1. The molecule has 0 spiro atoms. The first kappa shape index (κ1) is 17.5. The van der Waals surface area contributed by atoms with Crippen LogP contribution < -0.4 is 15.4 Å². The van der Waals surface area contributed by atoms with Gasteiger partial charge in [-0.2, -0.15) is 0 Å². The quantitative estimate of drug-likeness (QED) is 0.663. The van der Waals surface area contributed by atoms with Crippen LogP contribution in [-0.2, 0) is 6.54 Å². The summed E-state index contributed by atoms with van der Waals surface area (Å²) in [7, 11) is 0. The van der Waals surface area contributed by atoms with Crippen molar-refractivity contribution < 1.29 is 13.9 Å². The summed E-state index contributed by atoms with van der Waals surface area (Å²) < 4.78 is 10.9. The predicted molar refractivity (Wildman–Crippen MR) is 100 cm³/mol. The average molecular weight is 351 g/mol. The lowest BCUT2D eigenvalue weighted by Gasteiger charge is -2.11. The van der Waals surface area contributed by atoms with E-state index in [1.165, 1.54) is 0 Å². The molecule has 6 nitrogen and oxygen atoms in total. The molecule has 0 unspecified atom stereocenters. The van der Waals surface area contributed by atoms with Crippen molar-refractivity contribution in [3.63, 3.8) is 0 Å². The number of nitrogens with one attached hydrogen (secondary N) is 2. The zero-order valence-corrected chi connectivity index (χ0v) is 14.7. The van der Waals surface area contributed by atoms with Crippen molar-refractivity contribution in [2.24, 2.45) is 0 Å². The molecule has 1 aromatic carbocycles. The van der Waals surface area contributed by atoms with E-state index in [-0.39, 0.29) is 12.0 Å². The van der Waals surface area contributed by atoms with Crippen LogP contribution in [0.25, 0.3) is 0 Å². The Bertz CT molecular complexity index is 843. The third kappa shape index (κ3) is 4.86. The number of amides is 1. The summed E-state index contributed by atoms with van der Waals surface area (Å²) in [4.78, 5) is 16.5. The van der Waals surface area contributed by atoms with Gasteiger partial charge >= 0.3 is 0 Å². The summed E-state index contributed by atoms with van der Waals surface area (Å²) in [5.74, 6) is 1.31. The lowest BCUT2D eigenvalue weighted by atomic mass is 10.2. The molecule has 26 heavy (non-hydrogen) atoms. The Morgan fingerprint density at radius 3 is 2.65 bits per heavy atom. The molecule has 0 saturated carbocycles. The fourth-order valence-corrected chi connectivity index (χ4v) is 2.35. The van der Waals surface area contributed by atoms with E-state index in [0.717, 1.165) is 17.2 Å². The number of nitrogens with zero attached hydrogens (tertiary/aromatic N) is 1. The Morgan fingerprint density at radius 2 is 1.96 bits per heavy atom. The molecule has 0 aliphatic rings. The van der Waals surface area contributed by atoms with E-state index in [1.807, 2.05) is 38.1 Å². The normalized spacial score (nSPS) is 10.6. The summed E-state index contributed by atoms with van der Waals surface area (Å²) in [6.07, 6.45) is 3.33. The smallest absolute Gasteiger partial charge is 0.274 e. The molecule has 2 heterocycles. The third-order valence-electron chi connectivity index (χ3n) is 3.52. The molecular weight excluding hydrogens is 330 g/mol. The highest BCUT2D eigenvalue weighted by Crippen LogP contribution is 2.18. The van der Waals surface area contributed by atoms with Crippen LogP contribution in [0.2, 0.25) is 0 Å². The first-order chi connectivity index (χ1) is 12.6. The van der Waals surface area contributed by atoms with Gasteiger partial charge in [0.1, 0.15) is 17.2 Å². The van der Waals surface area contributed by atoms with Crippen molar-refractivity contribution in [1.29, 1.82) is 0 Å². The van der Waals surface area contributed by atoms with Gasteiger partial charge in [0.15, 0.2) is 0 Å². The molecule has 0 aliphatic heterocycles. The van der Waals surface area contributed by atoms with E-state index < -0.39 is 0 Å². The molecule has 2 aromatic heterocycles. The monoisotopic (exact) mass is 351 g/mol. The van der Waals surface area contributed by atoms with Crippen LogP contribution in [0.4, 0.5) is 11.4 Å². The van der Waals surface area contributed by atoms with Crippen molar-refractivity contribution in [3.05, 3.63) is 72.4 Å². The Morgan fingerprint density at radius 1 is 1.15 bits per heavy atom. The van der Waals surface area contributed by atoms with Crippen molar-refractivity contribution in [3.8, 4) is 5.75 Å². The van der Waals surface area contributed by atoms with Gasteiger partial charge in [0.2, 0.25) is 0 Å². The predicted octanol–water partition coefficient (Wildman–Crippen LogP) is 4.33. The Balaban J connectivity index is 1.61. The molecule has 3 aromatic rings. The Labute approximate surface area is 152 Å². The number of hydrogen-bond acceptors (Lipinski definition) is 5. The molecule has 6 heteroatoms. The van der Waals surface area contributed by atoms with Gasteiger partial charge in [-0.15, -0.1) is 0 Å². The number of benzene rings is 1. The van der Waals surface area contributed by atoms with Crippen molar-refractivity contribution >= 4 is 17.3 Å². The molecule has 3 rings (SSSR count). The lowest BCUT2D eigenvalue weighted by molar-refractivity contribution is 0.102. The molecule has 0 bridgehead atoms. The second-order valence-corrected chi connectivity index (χ2v) is 6.01. The molecule has 0 radical (unpaired) electrons. The fourth-order valence-electron chi connectivity index (χ4n) is 2.35. The summed E-state index contributed by atoms with van der Waals surface area (Å²) in [5, 5.41) is 6.03. The van der Waals surface area contributed by atoms with Gasteiger partial charge in [-0.1, -0.05) is 0 Å². The topological polar surface area (TPSA) is 76.4 Å². The number of ether oxygens (including phenoxy) is 1. The maximum atomic E-state index is 12.4. The van der Waals surface area contributed by atoms with Gasteiger partial charge in [-0.05, 0) is 62.4 Å². The maximum Gasteiger partial charge on any atom is 0.274 e. The number of carbonyl (C=O) groups excluding carboxylic acids is 1. The van der Waals surface area contributed by atoms with Crippen LogP contribution in [0.1, 0.15) is 30.1 Å². The minimum Gasteiger partial charge on any atom is -0.491 e. The van der Waals surface area contributed by atoms with E-state index in [2.05, 4.69) is 15.6 Å². The van der Waals surface area contributed by atoms with E-state index in [0.29, 0.717) is 17.9 Å². The number of carbonyl (C=O) groups is 1. The SMILES string of the molecule is CC(C)Oc1ccc(NC(=O)c2cc(NCc3ccco3)ccn2)cc1. The number of furan rings is 1. The largest absolute Gasteiger partial charge is 0.491 e. The summed E-state index contributed by atoms with van der Waals surface area (Å²) in [6, 6.07) is 14.5. The number of hydrogen-bond donors (Lipinski definition) is 2. The minimum absolute atomic E-state index is 0.107. The lowest BCUT2D eigenvalue weighted by Crippen LogP contribution is -2.14. The van der Waals surface area contributed by atoms with E-state index >= 15 is 0 Å². The first-order valence-electron chi connectivity index (χ1n) is 8.40. The van der Waals surface area contributed by atoms with E-state index in [1.54, 1.807) is 36.7 Å². The highest BCUT2D eigenvalue weighted by molar-refractivity contribution is 6.03. The number of aromatic nitrogens is 1. The van der Waals surface area contributed by atoms with Crippen molar-refractivity contribution in [1.82, 2.24) is 4.98 Å². The van der Waals surface area contributed by atoms with Gasteiger partial charge in [0.25, 0.3) is 5.91 Å². The zero-order chi connectivity index (χ0) is 18.4. The molecule has 2 N–H and O–H groups in total. The van der Waals surface area contributed by atoms with Gasteiger partial charge in [0.05, 0.1) is 18.9 Å². The fraction of sp³-hybridized carbons (Fsp3) is 0.200. The van der Waals surface area contributed by atoms with Crippen molar-refractivity contribution in [2.75, 3.05) is 10.6 Å². The van der Waals surface area contributed by atoms with Crippen molar-refractivity contribution in [2.45, 2.75) is 26.5 Å². The third-order valence-corrected chi connectivity index (χ3v) is 3.52. The van der Waals surface area contributed by atoms with Gasteiger partial charge in [-0.25, -0.2) is 0 Å². The molecule has 0 aliphatic carbocycles. The first-order valence-corrected chi connectivity index (χ1v) is 8.40. The van der Waals surface area contributed by atoms with Gasteiger partial charge < -0.3 is 19.8 Å². The second-order valence-electron chi connectivity index (χ2n) is 6.01. The highest BCUT2D eigenvalue weighted by Gasteiger charge is 2.09. The zero-order valence-electron chi connectivity index (χ0n) is 14.7. The molecule has 0 saturated heterocycles. The van der Waals surface area contributed by atoms with Crippen LogP contribution in [0.5, 0.6) is 5.75 Å². The maximum absolute atomic E-state index is 12.4. The Kier molecular flexibility index (Phi) is 5.53. The minimum atomic E-state index is -0.274. The molecule has 0 atom stereocenters. The van der Waals surface area contributed by atoms with Crippen LogP contribution in [0.3, 0.4) is 0 Å². The molecule has 0 fully saturated rings. The molecular formula is C20H21N3O3. The van der Waals surface area contributed by atoms with E-state index in [9.17, 15) is 4.79 Å². The van der Waals surface area contributed by atoms with Gasteiger partial charge in [0, 0.05) is 17.6 Å². The molecule has 134 valence electrons. The van der Waals surface area contributed by atoms with Crippen LogP contribution in [0, 0.1) is 0 Å². The second kappa shape index (κ2) is 8.20. The van der Waals surface area contributed by atoms with Gasteiger partial charge in [-0.3, -0.25) is 9.78 Å². The van der Waals surface area contributed by atoms with Crippen LogP contribution >= 0.6 is 0 Å².